The molecule has 0 unspecified atom stereocenters. The topological polar surface area (TPSA) is 92.9 Å². The molecule has 25 heavy (non-hydrogen) atoms. The van der Waals surface area contributed by atoms with Crippen molar-refractivity contribution in [3.8, 4) is 0 Å². The second kappa shape index (κ2) is 7.59. The van der Waals surface area contributed by atoms with Gasteiger partial charge in [0.1, 0.15) is 6.10 Å². The van der Waals surface area contributed by atoms with Gasteiger partial charge >= 0.3 is 0 Å². The predicted octanol–water partition coefficient (Wildman–Crippen LogP) is 0.679. The minimum Gasteiger partial charge on any atom is -0.364 e. The number of hydrogen-bond donors (Lipinski definition) is 1. The molecule has 2 heterocycles. The Morgan fingerprint density at radius 1 is 1.16 bits per heavy atom. The second-order valence-electron chi connectivity index (χ2n) is 6.24. The molecule has 0 saturated carbocycles. The Bertz CT molecular complexity index is 717. The maximum atomic E-state index is 12.7. The van der Waals surface area contributed by atoms with Gasteiger partial charge < -0.3 is 15.4 Å². The molecule has 2 fully saturated rings. The largest absolute Gasteiger partial charge is 0.364 e. The van der Waals surface area contributed by atoms with E-state index in [2.05, 4.69) is 0 Å². The van der Waals surface area contributed by atoms with Gasteiger partial charge in [-0.3, -0.25) is 4.79 Å². The fourth-order valence-corrected chi connectivity index (χ4v) is 4.72. The van der Waals surface area contributed by atoms with Crippen LogP contribution in [0, 0.1) is 0 Å². The molecule has 9 heteroatoms. The fraction of sp³-hybridized carbons (Fsp3) is 0.562. The van der Waals surface area contributed by atoms with E-state index in [9.17, 15) is 13.2 Å². The number of halogens is 1. The van der Waals surface area contributed by atoms with Crippen LogP contribution >= 0.6 is 11.6 Å². The van der Waals surface area contributed by atoms with Gasteiger partial charge in [-0.2, -0.15) is 4.31 Å². The molecule has 0 radical (unpaired) electrons. The molecule has 2 saturated heterocycles. The number of carbonyl (C=O) groups is 1. The first-order valence-corrected chi connectivity index (χ1v) is 10.1. The third-order valence-corrected chi connectivity index (χ3v) is 6.81. The van der Waals surface area contributed by atoms with Crippen molar-refractivity contribution in [1.29, 1.82) is 0 Å². The number of carbonyl (C=O) groups excluding carboxylic acids is 1. The van der Waals surface area contributed by atoms with Crippen molar-refractivity contribution in [2.24, 2.45) is 5.73 Å². The number of amides is 1. The van der Waals surface area contributed by atoms with Crippen LogP contribution in [0.4, 0.5) is 0 Å². The van der Waals surface area contributed by atoms with Crippen molar-refractivity contribution in [3.63, 3.8) is 0 Å². The Balaban J connectivity index is 1.60. The molecule has 1 aromatic carbocycles. The van der Waals surface area contributed by atoms with Crippen LogP contribution in [-0.2, 0) is 19.6 Å². The minimum atomic E-state index is -3.57. The lowest BCUT2D eigenvalue weighted by molar-refractivity contribution is -0.143. The molecule has 2 aliphatic heterocycles. The van der Waals surface area contributed by atoms with Crippen LogP contribution in [0.3, 0.4) is 0 Å². The highest BCUT2D eigenvalue weighted by Crippen LogP contribution is 2.23. The summed E-state index contributed by atoms with van der Waals surface area (Å²) in [6.07, 6.45) is 0.954. The molecule has 1 amide bonds. The summed E-state index contributed by atoms with van der Waals surface area (Å²) in [4.78, 5) is 14.4. The van der Waals surface area contributed by atoms with Gasteiger partial charge in [-0.05, 0) is 37.1 Å². The quantitative estimate of drug-likeness (QED) is 0.820. The van der Waals surface area contributed by atoms with Crippen molar-refractivity contribution >= 4 is 27.5 Å². The average molecular weight is 388 g/mol. The van der Waals surface area contributed by atoms with Crippen LogP contribution in [0.25, 0.3) is 0 Å². The molecule has 0 spiro atoms. The van der Waals surface area contributed by atoms with Gasteiger partial charge in [0.25, 0.3) is 5.91 Å². The molecule has 0 bridgehead atoms. The molecule has 2 atom stereocenters. The van der Waals surface area contributed by atoms with Crippen molar-refractivity contribution < 1.29 is 17.9 Å². The Hall–Kier alpha value is -1.19. The predicted molar refractivity (Wildman–Crippen MR) is 93.7 cm³/mol. The van der Waals surface area contributed by atoms with Crippen LogP contribution < -0.4 is 5.73 Å². The first kappa shape index (κ1) is 18.6. The van der Waals surface area contributed by atoms with Crippen molar-refractivity contribution in [3.05, 3.63) is 29.3 Å². The highest BCUT2D eigenvalue weighted by Gasteiger charge is 2.36. The Kier molecular flexibility index (Phi) is 5.65. The number of rotatable bonds is 4. The monoisotopic (exact) mass is 387 g/mol. The zero-order chi connectivity index (χ0) is 18.0. The summed E-state index contributed by atoms with van der Waals surface area (Å²) < 4.78 is 32.3. The van der Waals surface area contributed by atoms with E-state index in [1.165, 1.54) is 16.4 Å². The lowest BCUT2D eigenvalue weighted by Gasteiger charge is -2.35. The fourth-order valence-electron chi connectivity index (χ4n) is 3.17. The second-order valence-corrected chi connectivity index (χ2v) is 8.62. The molecular formula is C16H22ClN3O4S. The number of ether oxygens (including phenoxy) is 1. The Morgan fingerprint density at radius 2 is 1.80 bits per heavy atom. The molecular weight excluding hydrogens is 366 g/mol. The lowest BCUT2D eigenvalue weighted by Crippen LogP contribution is -2.52. The molecule has 7 nitrogen and oxygen atoms in total. The van der Waals surface area contributed by atoms with E-state index in [0.29, 0.717) is 31.1 Å². The number of sulfonamides is 1. The van der Waals surface area contributed by atoms with Crippen molar-refractivity contribution in [2.45, 2.75) is 29.9 Å². The first-order valence-electron chi connectivity index (χ1n) is 8.32. The molecule has 138 valence electrons. The average Bonchev–Trinajstić information content (AvgIpc) is 3.11. The highest BCUT2D eigenvalue weighted by molar-refractivity contribution is 7.89. The number of piperazine rings is 1. The standard InChI is InChI=1S/C16H22ClN3O4S/c17-12-1-4-14(5-2-12)25(22,23)20-9-7-19(8-10-20)16(21)15-6-3-13(11-18)24-15/h1-2,4-5,13,15H,3,6-11,18H2/t13-,15+/m1/s1. The normalized spacial score (nSPS) is 25.3. The zero-order valence-corrected chi connectivity index (χ0v) is 15.4. The molecule has 2 N–H and O–H groups in total. The maximum absolute atomic E-state index is 12.7. The van der Waals surface area contributed by atoms with E-state index in [1.54, 1.807) is 17.0 Å². The summed E-state index contributed by atoms with van der Waals surface area (Å²) in [6, 6.07) is 6.10. The van der Waals surface area contributed by atoms with E-state index < -0.39 is 16.1 Å². The summed E-state index contributed by atoms with van der Waals surface area (Å²) in [5, 5.41) is 0.488. The maximum Gasteiger partial charge on any atom is 0.251 e. The van der Waals surface area contributed by atoms with Crippen LogP contribution in [-0.4, -0.2) is 68.5 Å². The van der Waals surface area contributed by atoms with Gasteiger partial charge in [0, 0.05) is 37.7 Å². The van der Waals surface area contributed by atoms with E-state index in [-0.39, 0.29) is 30.0 Å². The molecule has 1 aromatic rings. The molecule has 0 aliphatic carbocycles. The molecule has 0 aromatic heterocycles. The van der Waals surface area contributed by atoms with E-state index in [4.69, 9.17) is 22.1 Å². The van der Waals surface area contributed by atoms with E-state index >= 15 is 0 Å². The van der Waals surface area contributed by atoms with E-state index in [1.807, 2.05) is 0 Å². The third-order valence-electron chi connectivity index (χ3n) is 4.65. The van der Waals surface area contributed by atoms with Crippen LogP contribution in [0.5, 0.6) is 0 Å². The third kappa shape index (κ3) is 3.98. The van der Waals surface area contributed by atoms with Crippen LogP contribution in [0.2, 0.25) is 5.02 Å². The number of benzene rings is 1. The number of hydrogen-bond acceptors (Lipinski definition) is 5. The molecule has 2 aliphatic rings. The van der Waals surface area contributed by atoms with Gasteiger partial charge in [0.2, 0.25) is 10.0 Å². The number of nitrogens with two attached hydrogens (primary N) is 1. The zero-order valence-electron chi connectivity index (χ0n) is 13.8. The number of nitrogens with zero attached hydrogens (tertiary/aromatic N) is 2. The van der Waals surface area contributed by atoms with Crippen molar-refractivity contribution in [2.75, 3.05) is 32.7 Å². The smallest absolute Gasteiger partial charge is 0.251 e. The van der Waals surface area contributed by atoms with E-state index in [0.717, 1.165) is 6.42 Å². The van der Waals surface area contributed by atoms with Crippen LogP contribution in [0.15, 0.2) is 29.2 Å². The SMILES string of the molecule is NC[C@H]1CC[C@@H](C(=O)N2CCN(S(=O)(=O)c3ccc(Cl)cc3)CC2)O1. The van der Waals surface area contributed by atoms with Gasteiger partial charge in [-0.25, -0.2) is 8.42 Å². The summed E-state index contributed by atoms with van der Waals surface area (Å²) in [5.41, 5.74) is 5.57. The summed E-state index contributed by atoms with van der Waals surface area (Å²) in [6.45, 7) is 1.67. The summed E-state index contributed by atoms with van der Waals surface area (Å²) in [7, 11) is -3.57. The van der Waals surface area contributed by atoms with Gasteiger partial charge in [-0.1, -0.05) is 11.6 Å². The minimum absolute atomic E-state index is 0.0551. The Labute approximate surface area is 152 Å². The van der Waals surface area contributed by atoms with Gasteiger partial charge in [-0.15, -0.1) is 0 Å². The Morgan fingerprint density at radius 3 is 2.36 bits per heavy atom. The highest BCUT2D eigenvalue weighted by atomic mass is 35.5. The van der Waals surface area contributed by atoms with Gasteiger partial charge in [0.05, 0.1) is 11.0 Å². The lowest BCUT2D eigenvalue weighted by atomic mass is 10.1. The summed E-state index contributed by atoms with van der Waals surface area (Å²) in [5.74, 6) is -0.0699. The van der Waals surface area contributed by atoms with Crippen LogP contribution in [0.1, 0.15) is 12.8 Å². The first-order chi connectivity index (χ1) is 11.9. The van der Waals surface area contributed by atoms with Gasteiger partial charge in [0.15, 0.2) is 0 Å². The molecule has 3 rings (SSSR count). The van der Waals surface area contributed by atoms with Crippen molar-refractivity contribution in [1.82, 2.24) is 9.21 Å². The summed E-state index contributed by atoms with van der Waals surface area (Å²) >= 11 is 5.81.